The number of benzene rings is 2. The molecule has 132 valence electrons. The molecule has 2 aromatic carbocycles. The standard InChI is InChI=1S/C21H20FN3O/c1-2-11-25-19-6-4-3-5-18(19)23-21(25)16-12-20(26)24(14-16)13-15-7-9-17(22)10-8-15/h2-10,16H,1,11-14H2/t16-/m1/s1. The summed E-state index contributed by atoms with van der Waals surface area (Å²) in [6.07, 6.45) is 2.30. The van der Waals surface area contributed by atoms with Crippen molar-refractivity contribution >= 4 is 16.9 Å². The summed E-state index contributed by atoms with van der Waals surface area (Å²) in [5.74, 6) is 0.824. The average molecular weight is 349 g/mol. The molecule has 0 unspecified atom stereocenters. The second-order valence-corrected chi connectivity index (χ2v) is 6.66. The molecule has 1 atom stereocenters. The Bertz CT molecular complexity index is 961. The Labute approximate surface area is 151 Å². The zero-order chi connectivity index (χ0) is 18.1. The van der Waals surface area contributed by atoms with E-state index in [-0.39, 0.29) is 17.6 Å². The van der Waals surface area contributed by atoms with Crippen LogP contribution in [0.4, 0.5) is 4.39 Å². The number of hydrogen-bond donors (Lipinski definition) is 0. The summed E-state index contributed by atoms with van der Waals surface area (Å²) >= 11 is 0. The molecule has 5 heteroatoms. The molecule has 0 aliphatic carbocycles. The van der Waals surface area contributed by atoms with Crippen molar-refractivity contribution in [1.29, 1.82) is 0 Å². The van der Waals surface area contributed by atoms with Gasteiger partial charge in [-0.2, -0.15) is 0 Å². The quantitative estimate of drug-likeness (QED) is 0.656. The van der Waals surface area contributed by atoms with Crippen molar-refractivity contribution in [2.24, 2.45) is 0 Å². The second-order valence-electron chi connectivity index (χ2n) is 6.66. The number of fused-ring (bicyclic) bond motifs is 1. The van der Waals surface area contributed by atoms with Crippen LogP contribution < -0.4 is 0 Å². The van der Waals surface area contributed by atoms with Gasteiger partial charge in [0, 0.05) is 32.0 Å². The smallest absolute Gasteiger partial charge is 0.223 e. The first kappa shape index (κ1) is 16.5. The maximum Gasteiger partial charge on any atom is 0.223 e. The molecule has 1 aliphatic rings. The van der Waals surface area contributed by atoms with E-state index < -0.39 is 0 Å². The SMILES string of the molecule is C=CCn1c([C@@H]2CC(=O)N(Cc3ccc(F)cc3)C2)nc2ccccc21. The number of para-hydroxylation sites is 2. The number of nitrogens with zero attached hydrogens (tertiary/aromatic N) is 3. The highest BCUT2D eigenvalue weighted by Crippen LogP contribution is 2.31. The highest BCUT2D eigenvalue weighted by molar-refractivity contribution is 5.81. The molecular formula is C21H20FN3O. The van der Waals surface area contributed by atoms with Gasteiger partial charge in [-0.05, 0) is 29.8 Å². The van der Waals surface area contributed by atoms with E-state index in [2.05, 4.69) is 11.1 Å². The van der Waals surface area contributed by atoms with Gasteiger partial charge in [-0.15, -0.1) is 6.58 Å². The first-order chi connectivity index (χ1) is 12.7. The van der Waals surface area contributed by atoms with Gasteiger partial charge < -0.3 is 9.47 Å². The molecule has 26 heavy (non-hydrogen) atoms. The topological polar surface area (TPSA) is 38.1 Å². The van der Waals surface area contributed by atoms with Crippen molar-refractivity contribution in [3.63, 3.8) is 0 Å². The molecule has 4 rings (SSSR count). The summed E-state index contributed by atoms with van der Waals surface area (Å²) in [6, 6.07) is 14.3. The van der Waals surface area contributed by atoms with E-state index in [0.29, 0.717) is 26.1 Å². The third-order valence-electron chi connectivity index (χ3n) is 4.86. The van der Waals surface area contributed by atoms with Crippen molar-refractivity contribution < 1.29 is 9.18 Å². The summed E-state index contributed by atoms with van der Waals surface area (Å²) in [5, 5.41) is 0. The van der Waals surface area contributed by atoms with Crippen molar-refractivity contribution in [2.75, 3.05) is 6.54 Å². The van der Waals surface area contributed by atoms with Crippen molar-refractivity contribution in [2.45, 2.75) is 25.4 Å². The minimum Gasteiger partial charge on any atom is -0.338 e. The number of carbonyl (C=O) groups excluding carboxylic acids is 1. The molecule has 0 saturated carbocycles. The van der Waals surface area contributed by atoms with Gasteiger partial charge in [0.2, 0.25) is 5.91 Å². The lowest BCUT2D eigenvalue weighted by atomic mass is 10.1. The van der Waals surface area contributed by atoms with Crippen LogP contribution in [0, 0.1) is 5.82 Å². The van der Waals surface area contributed by atoms with Crippen LogP contribution >= 0.6 is 0 Å². The highest BCUT2D eigenvalue weighted by atomic mass is 19.1. The van der Waals surface area contributed by atoms with Gasteiger partial charge in [-0.1, -0.05) is 30.3 Å². The summed E-state index contributed by atoms with van der Waals surface area (Å²) < 4.78 is 15.2. The Morgan fingerprint density at radius 2 is 1.96 bits per heavy atom. The molecular weight excluding hydrogens is 329 g/mol. The molecule has 1 amide bonds. The summed E-state index contributed by atoms with van der Waals surface area (Å²) in [4.78, 5) is 19.1. The molecule has 1 aliphatic heterocycles. The monoisotopic (exact) mass is 349 g/mol. The predicted molar refractivity (Wildman–Crippen MR) is 99.1 cm³/mol. The fraction of sp³-hybridized carbons (Fsp3) is 0.238. The Kier molecular flexibility index (Phi) is 4.29. The molecule has 0 bridgehead atoms. The molecule has 3 aromatic rings. The lowest BCUT2D eigenvalue weighted by Gasteiger charge is -2.17. The number of imidazole rings is 1. The number of rotatable bonds is 5. The molecule has 0 spiro atoms. The van der Waals surface area contributed by atoms with E-state index >= 15 is 0 Å². The Balaban J connectivity index is 1.60. The summed E-state index contributed by atoms with van der Waals surface area (Å²) in [6.45, 7) is 5.63. The summed E-state index contributed by atoms with van der Waals surface area (Å²) in [5.41, 5.74) is 2.93. The molecule has 2 heterocycles. The van der Waals surface area contributed by atoms with Crippen LogP contribution in [0.25, 0.3) is 11.0 Å². The van der Waals surface area contributed by atoms with Gasteiger partial charge >= 0.3 is 0 Å². The van der Waals surface area contributed by atoms with Crippen molar-refractivity contribution in [3.05, 3.63) is 78.4 Å². The first-order valence-corrected chi connectivity index (χ1v) is 8.74. The van der Waals surface area contributed by atoms with Gasteiger partial charge in [0.25, 0.3) is 0 Å². The number of amides is 1. The van der Waals surface area contributed by atoms with Gasteiger partial charge in [0.05, 0.1) is 11.0 Å². The molecule has 0 N–H and O–H groups in total. The lowest BCUT2D eigenvalue weighted by molar-refractivity contribution is -0.128. The van der Waals surface area contributed by atoms with E-state index in [1.54, 1.807) is 12.1 Å². The van der Waals surface area contributed by atoms with E-state index in [0.717, 1.165) is 22.4 Å². The highest BCUT2D eigenvalue weighted by Gasteiger charge is 2.33. The first-order valence-electron chi connectivity index (χ1n) is 8.74. The van der Waals surface area contributed by atoms with Gasteiger partial charge in [0.15, 0.2) is 0 Å². The van der Waals surface area contributed by atoms with Crippen LogP contribution in [0.3, 0.4) is 0 Å². The molecule has 4 nitrogen and oxygen atoms in total. The number of likely N-dealkylation sites (tertiary alicyclic amines) is 1. The van der Waals surface area contributed by atoms with Crippen LogP contribution in [0.2, 0.25) is 0 Å². The molecule has 1 aromatic heterocycles. The van der Waals surface area contributed by atoms with Crippen LogP contribution in [0.1, 0.15) is 23.7 Å². The number of halogens is 1. The van der Waals surface area contributed by atoms with Crippen LogP contribution in [-0.2, 0) is 17.9 Å². The Morgan fingerprint density at radius 3 is 2.73 bits per heavy atom. The largest absolute Gasteiger partial charge is 0.338 e. The van der Waals surface area contributed by atoms with Gasteiger partial charge in [-0.25, -0.2) is 9.37 Å². The van der Waals surface area contributed by atoms with Crippen LogP contribution in [0.5, 0.6) is 0 Å². The van der Waals surface area contributed by atoms with Crippen LogP contribution in [-0.4, -0.2) is 26.9 Å². The third-order valence-corrected chi connectivity index (χ3v) is 4.86. The predicted octanol–water partition coefficient (Wildman–Crippen LogP) is 3.88. The summed E-state index contributed by atoms with van der Waals surface area (Å²) in [7, 11) is 0. The fourth-order valence-electron chi connectivity index (χ4n) is 3.63. The van der Waals surface area contributed by atoms with Gasteiger partial charge in [-0.3, -0.25) is 4.79 Å². The number of allylic oxidation sites excluding steroid dienone is 1. The molecule has 1 saturated heterocycles. The molecule has 0 radical (unpaired) electrons. The maximum absolute atomic E-state index is 13.1. The maximum atomic E-state index is 13.1. The van der Waals surface area contributed by atoms with Crippen LogP contribution in [0.15, 0.2) is 61.2 Å². The average Bonchev–Trinajstić information content (AvgIpc) is 3.19. The van der Waals surface area contributed by atoms with Crippen molar-refractivity contribution in [3.8, 4) is 0 Å². The van der Waals surface area contributed by atoms with E-state index in [1.165, 1.54) is 12.1 Å². The second kappa shape index (κ2) is 6.75. The van der Waals surface area contributed by atoms with E-state index in [9.17, 15) is 9.18 Å². The minimum atomic E-state index is -0.266. The van der Waals surface area contributed by atoms with Crippen molar-refractivity contribution in [1.82, 2.24) is 14.5 Å². The van der Waals surface area contributed by atoms with E-state index in [1.807, 2.05) is 35.2 Å². The number of aromatic nitrogens is 2. The zero-order valence-electron chi connectivity index (χ0n) is 14.4. The zero-order valence-corrected chi connectivity index (χ0v) is 14.4. The number of carbonyl (C=O) groups is 1. The fourth-order valence-corrected chi connectivity index (χ4v) is 3.63. The lowest BCUT2D eigenvalue weighted by Crippen LogP contribution is -2.24. The van der Waals surface area contributed by atoms with E-state index in [4.69, 9.17) is 4.98 Å². The molecule has 1 fully saturated rings. The Morgan fingerprint density at radius 1 is 1.19 bits per heavy atom. The number of hydrogen-bond acceptors (Lipinski definition) is 2. The normalized spacial score (nSPS) is 17.2. The minimum absolute atomic E-state index is 0.0512. The Hall–Kier alpha value is -2.95. The van der Waals surface area contributed by atoms with Gasteiger partial charge in [0.1, 0.15) is 11.6 Å². The third kappa shape index (κ3) is 3.01.